The molecule has 9 heteroatoms. The summed E-state index contributed by atoms with van der Waals surface area (Å²) in [6.45, 7) is 1.91. The van der Waals surface area contributed by atoms with Gasteiger partial charge in [-0.05, 0) is 24.6 Å². The number of nitrogens with two attached hydrogens (primary N) is 4. The van der Waals surface area contributed by atoms with Crippen molar-refractivity contribution in [2.75, 3.05) is 7.11 Å². The van der Waals surface area contributed by atoms with Crippen molar-refractivity contribution in [1.29, 1.82) is 0 Å². The van der Waals surface area contributed by atoms with Crippen LogP contribution in [-0.4, -0.2) is 31.5 Å². The zero-order valence-electron chi connectivity index (χ0n) is 11.8. The van der Waals surface area contributed by atoms with Gasteiger partial charge in [0, 0.05) is 11.1 Å². The van der Waals surface area contributed by atoms with Crippen LogP contribution in [0.3, 0.4) is 0 Å². The summed E-state index contributed by atoms with van der Waals surface area (Å²) in [5.41, 5.74) is 23.2. The van der Waals surface area contributed by atoms with Crippen LogP contribution in [0.2, 0.25) is 0 Å². The van der Waals surface area contributed by atoms with E-state index in [1.54, 1.807) is 0 Å². The first-order valence-electron chi connectivity index (χ1n) is 5.86. The molecule has 0 saturated heterocycles. The predicted molar refractivity (Wildman–Crippen MR) is 84.5 cm³/mol. The zero-order valence-corrected chi connectivity index (χ0v) is 11.8. The quantitative estimate of drug-likeness (QED) is 0.317. The second-order valence-electron chi connectivity index (χ2n) is 4.02. The van der Waals surface area contributed by atoms with Gasteiger partial charge in [0.25, 0.3) is 0 Å². The summed E-state index contributed by atoms with van der Waals surface area (Å²) in [5, 5.41) is 14.6. The lowest BCUT2D eigenvalue weighted by Crippen LogP contribution is -2.21. The van der Waals surface area contributed by atoms with E-state index >= 15 is 0 Å². The van der Waals surface area contributed by atoms with E-state index in [0.29, 0.717) is 16.9 Å². The summed E-state index contributed by atoms with van der Waals surface area (Å²) in [4.78, 5) is 0. The molecule has 0 saturated carbocycles. The first kappa shape index (κ1) is 16.0. The molecule has 21 heavy (non-hydrogen) atoms. The summed E-state index contributed by atoms with van der Waals surface area (Å²) in [5.74, 6) is 0.282. The highest BCUT2D eigenvalue weighted by molar-refractivity contribution is 5.93. The number of hydrogen-bond acceptors (Lipinski definition) is 5. The molecule has 1 aromatic carbocycles. The Hall–Kier alpha value is -3.10. The monoisotopic (exact) mass is 290 g/mol. The number of ether oxygens (including phenoxy) is 1. The zero-order chi connectivity index (χ0) is 15.8. The molecule has 0 unspecified atom stereocenters. The summed E-state index contributed by atoms with van der Waals surface area (Å²) >= 11 is 0. The van der Waals surface area contributed by atoms with Crippen molar-refractivity contribution in [3.63, 3.8) is 0 Å². The van der Waals surface area contributed by atoms with Gasteiger partial charge in [0.05, 0.1) is 19.5 Å². The Morgan fingerprint density at radius 1 is 0.952 bits per heavy atom. The van der Waals surface area contributed by atoms with Crippen LogP contribution < -0.4 is 27.7 Å². The molecule has 0 spiro atoms. The normalized spacial score (nSPS) is 10.8. The van der Waals surface area contributed by atoms with E-state index < -0.39 is 0 Å². The average Bonchev–Trinajstić information content (AvgIpc) is 2.37. The number of benzene rings is 1. The Morgan fingerprint density at radius 2 is 1.38 bits per heavy atom. The molecule has 0 atom stereocenters. The maximum Gasteiger partial charge on any atom is 0.211 e. The van der Waals surface area contributed by atoms with Crippen molar-refractivity contribution in [3.8, 4) is 5.75 Å². The van der Waals surface area contributed by atoms with E-state index in [9.17, 15) is 0 Å². The van der Waals surface area contributed by atoms with Gasteiger partial charge in [0.15, 0.2) is 0 Å². The third kappa shape index (κ3) is 5.19. The van der Waals surface area contributed by atoms with Crippen molar-refractivity contribution < 1.29 is 4.74 Å². The minimum Gasteiger partial charge on any atom is -0.495 e. The average molecular weight is 290 g/mol. The summed E-state index contributed by atoms with van der Waals surface area (Å²) in [7, 11) is 1.53. The fourth-order valence-electron chi connectivity index (χ4n) is 1.57. The van der Waals surface area contributed by atoms with Gasteiger partial charge in [-0.25, -0.2) is 0 Å². The summed E-state index contributed by atoms with van der Waals surface area (Å²) in [6.07, 6.45) is 2.95. The van der Waals surface area contributed by atoms with E-state index in [4.69, 9.17) is 27.7 Å². The van der Waals surface area contributed by atoms with Crippen LogP contribution in [0.15, 0.2) is 32.5 Å². The Bertz CT molecular complexity index is 561. The maximum atomic E-state index is 5.34. The topological polar surface area (TPSA) is 163 Å². The van der Waals surface area contributed by atoms with Crippen molar-refractivity contribution in [3.05, 3.63) is 28.8 Å². The van der Waals surface area contributed by atoms with E-state index in [2.05, 4.69) is 20.4 Å². The van der Waals surface area contributed by atoms with Gasteiger partial charge in [0.2, 0.25) is 11.9 Å². The standard InChI is InChI=1S/C12H18N8O/c1-7-3-8(5-17-19-11(13)14)10(21-2)9(4-7)6-18-20-12(15)16/h3-6H,1-2H3,(H4,13,14,19)(H4,15,16,20). The largest absolute Gasteiger partial charge is 0.495 e. The molecule has 8 N–H and O–H groups in total. The summed E-state index contributed by atoms with van der Waals surface area (Å²) in [6, 6.07) is 3.73. The van der Waals surface area contributed by atoms with Gasteiger partial charge in [0.1, 0.15) is 5.75 Å². The minimum absolute atomic E-state index is 0.132. The lowest BCUT2D eigenvalue weighted by molar-refractivity contribution is 0.413. The first-order chi connectivity index (χ1) is 9.93. The van der Waals surface area contributed by atoms with Crippen LogP contribution in [0.1, 0.15) is 16.7 Å². The molecule has 0 aliphatic heterocycles. The van der Waals surface area contributed by atoms with Crippen LogP contribution in [-0.2, 0) is 0 Å². The molecular weight excluding hydrogens is 272 g/mol. The molecule has 0 aromatic heterocycles. The molecule has 9 nitrogen and oxygen atoms in total. The SMILES string of the molecule is COc1c(C=NN=C(N)N)cc(C)cc1C=NN=C(N)N. The first-order valence-corrected chi connectivity index (χ1v) is 5.86. The molecule has 0 aliphatic rings. The van der Waals surface area contributed by atoms with Crippen LogP contribution >= 0.6 is 0 Å². The van der Waals surface area contributed by atoms with Gasteiger partial charge >= 0.3 is 0 Å². The molecule has 1 rings (SSSR count). The molecule has 112 valence electrons. The minimum atomic E-state index is -0.132. The van der Waals surface area contributed by atoms with Crippen molar-refractivity contribution in [2.45, 2.75) is 6.92 Å². The maximum absolute atomic E-state index is 5.34. The van der Waals surface area contributed by atoms with Gasteiger partial charge in [-0.1, -0.05) is 0 Å². The van der Waals surface area contributed by atoms with Crippen LogP contribution in [0, 0.1) is 6.92 Å². The lowest BCUT2D eigenvalue weighted by atomic mass is 10.1. The molecule has 0 heterocycles. The van der Waals surface area contributed by atoms with Crippen LogP contribution in [0.5, 0.6) is 5.75 Å². The van der Waals surface area contributed by atoms with Crippen molar-refractivity contribution in [1.82, 2.24) is 0 Å². The lowest BCUT2D eigenvalue weighted by Gasteiger charge is -2.09. The number of aryl methyl sites for hydroxylation is 1. The van der Waals surface area contributed by atoms with Gasteiger partial charge < -0.3 is 27.7 Å². The fraction of sp³-hybridized carbons (Fsp3) is 0.167. The van der Waals surface area contributed by atoms with E-state index in [-0.39, 0.29) is 11.9 Å². The van der Waals surface area contributed by atoms with E-state index in [1.807, 2.05) is 19.1 Å². The highest BCUT2D eigenvalue weighted by Crippen LogP contribution is 2.23. The van der Waals surface area contributed by atoms with Gasteiger partial charge in [-0.3, -0.25) is 0 Å². The van der Waals surface area contributed by atoms with Crippen molar-refractivity contribution >= 4 is 24.3 Å². The molecule has 0 bridgehead atoms. The molecule has 0 radical (unpaired) electrons. The molecule has 0 amide bonds. The Morgan fingerprint density at radius 3 is 1.71 bits per heavy atom. The number of hydrogen-bond donors (Lipinski definition) is 4. The molecule has 0 fully saturated rings. The molecule has 0 aliphatic carbocycles. The fourth-order valence-corrected chi connectivity index (χ4v) is 1.57. The van der Waals surface area contributed by atoms with Gasteiger partial charge in [-0.2, -0.15) is 10.2 Å². The Labute approximate surface area is 122 Å². The van der Waals surface area contributed by atoms with E-state index in [0.717, 1.165) is 5.56 Å². The number of guanidine groups is 2. The second-order valence-corrected chi connectivity index (χ2v) is 4.02. The highest BCUT2D eigenvalue weighted by atomic mass is 16.5. The number of rotatable bonds is 5. The molecule has 1 aromatic rings. The van der Waals surface area contributed by atoms with Crippen molar-refractivity contribution in [2.24, 2.45) is 43.3 Å². The third-order valence-corrected chi connectivity index (χ3v) is 2.23. The highest BCUT2D eigenvalue weighted by Gasteiger charge is 2.07. The second kappa shape index (κ2) is 7.48. The van der Waals surface area contributed by atoms with E-state index in [1.165, 1.54) is 19.5 Å². The van der Waals surface area contributed by atoms with Crippen LogP contribution in [0.4, 0.5) is 0 Å². The summed E-state index contributed by atoms with van der Waals surface area (Å²) < 4.78 is 5.34. The van der Waals surface area contributed by atoms with Gasteiger partial charge in [-0.15, -0.1) is 10.2 Å². The Kier molecular flexibility index (Phi) is 5.68. The van der Waals surface area contributed by atoms with Crippen LogP contribution in [0.25, 0.3) is 0 Å². The third-order valence-electron chi connectivity index (χ3n) is 2.23. The smallest absolute Gasteiger partial charge is 0.211 e. The predicted octanol–water partition coefficient (Wildman–Crippen LogP) is -0.782. The number of methoxy groups -OCH3 is 1. The molecular formula is C12H18N8O. The Balaban J connectivity index is 3.24. The number of nitrogens with zero attached hydrogens (tertiary/aromatic N) is 4.